The first kappa shape index (κ1) is 33.8. The van der Waals surface area contributed by atoms with E-state index in [9.17, 15) is 0 Å². The van der Waals surface area contributed by atoms with Crippen molar-refractivity contribution in [1.82, 2.24) is 19.8 Å². The van der Waals surface area contributed by atoms with E-state index >= 15 is 0 Å². The molecule has 0 saturated heterocycles. The third-order valence-corrected chi connectivity index (χ3v) is 11.0. The molecule has 0 aliphatic heterocycles. The zero-order valence-electron chi connectivity index (χ0n) is 30.9. The van der Waals surface area contributed by atoms with E-state index in [1.807, 2.05) is 18.2 Å². The molecule has 56 heavy (non-hydrogen) atoms. The summed E-state index contributed by atoms with van der Waals surface area (Å²) in [7, 11) is 0. The highest BCUT2D eigenvalue weighted by atomic mass is 15.3. The van der Waals surface area contributed by atoms with Crippen molar-refractivity contribution in [3.63, 3.8) is 0 Å². The molecule has 2 aromatic heterocycles. The number of fused-ring (bicyclic) bond motifs is 6. The van der Waals surface area contributed by atoms with Crippen LogP contribution in [0.25, 0.3) is 71.6 Å². The van der Waals surface area contributed by atoms with Crippen molar-refractivity contribution in [2.75, 3.05) is 0 Å². The van der Waals surface area contributed by atoms with Gasteiger partial charge in [0.1, 0.15) is 6.29 Å². The Labute approximate surface area is 326 Å². The molecule has 0 radical (unpaired) electrons. The van der Waals surface area contributed by atoms with Gasteiger partial charge in [-0.2, -0.15) is 0 Å². The Balaban J connectivity index is 1.07. The lowest BCUT2D eigenvalue weighted by Gasteiger charge is -2.28. The van der Waals surface area contributed by atoms with Gasteiger partial charge in [-0.1, -0.05) is 146 Å². The Hall–Kier alpha value is -6.76. The van der Waals surface area contributed by atoms with Gasteiger partial charge in [0.2, 0.25) is 0 Å². The number of aromatic nitrogens is 2. The topological polar surface area (TPSA) is 59.9 Å². The number of nitrogens with one attached hydrogen (secondary N) is 2. The quantitative estimate of drug-likeness (QED) is 0.123. The van der Waals surface area contributed by atoms with E-state index < -0.39 is 6.17 Å². The van der Waals surface area contributed by atoms with Crippen LogP contribution in [-0.4, -0.2) is 9.13 Å². The van der Waals surface area contributed by atoms with E-state index in [-0.39, 0.29) is 6.29 Å². The Kier molecular flexibility index (Phi) is 8.73. The third-order valence-electron chi connectivity index (χ3n) is 11.0. The Morgan fingerprint density at radius 2 is 0.946 bits per heavy atom. The first-order chi connectivity index (χ1) is 27.7. The van der Waals surface area contributed by atoms with Crippen LogP contribution in [0.2, 0.25) is 0 Å². The van der Waals surface area contributed by atoms with Crippen molar-refractivity contribution in [2.24, 2.45) is 5.73 Å². The molecule has 5 nitrogen and oxygen atoms in total. The predicted octanol–water partition coefficient (Wildman–Crippen LogP) is 11.7. The molecule has 0 fully saturated rings. The fourth-order valence-corrected chi connectivity index (χ4v) is 8.33. The van der Waals surface area contributed by atoms with Crippen LogP contribution in [-0.2, 0) is 6.54 Å². The molecule has 0 bridgehead atoms. The molecule has 0 aliphatic carbocycles. The average Bonchev–Trinajstić information content (AvgIpc) is 3.78. The van der Waals surface area contributed by atoms with Crippen molar-refractivity contribution < 1.29 is 0 Å². The van der Waals surface area contributed by atoms with Crippen molar-refractivity contribution in [2.45, 2.75) is 19.0 Å². The van der Waals surface area contributed by atoms with E-state index in [4.69, 9.17) is 5.73 Å². The predicted molar refractivity (Wildman–Crippen MR) is 233 cm³/mol. The van der Waals surface area contributed by atoms with Gasteiger partial charge in [0.05, 0.1) is 28.2 Å². The molecule has 8 aromatic carbocycles. The molecule has 2 atom stereocenters. The number of hydrogen-bond acceptors (Lipinski definition) is 3. The van der Waals surface area contributed by atoms with E-state index in [0.717, 1.165) is 22.3 Å². The van der Waals surface area contributed by atoms with Crippen molar-refractivity contribution in [3.8, 4) is 27.9 Å². The lowest BCUT2D eigenvalue weighted by molar-refractivity contribution is 0.306. The highest BCUT2D eigenvalue weighted by Crippen LogP contribution is 2.38. The molecule has 270 valence electrons. The standard InChI is InChI=1S/C51H41N5/c52-50(37-18-6-2-7-19-37)54-51(53-34-35-15-14-20-38(31-35)36-16-4-1-5-17-36)56-47-26-13-11-24-43(47)45-33-40(28-30-49(45)56)39-27-29-48-44(32-39)42-23-10-12-25-46(42)55(48)41-21-8-3-9-22-41/h1-33,50-51,53-54H,34,52H2. The smallest absolute Gasteiger partial charge is 0.141 e. The molecule has 2 unspecified atom stereocenters. The first-order valence-electron chi connectivity index (χ1n) is 19.3. The molecule has 10 aromatic rings. The van der Waals surface area contributed by atoms with Gasteiger partial charge >= 0.3 is 0 Å². The summed E-state index contributed by atoms with van der Waals surface area (Å²) in [5, 5.41) is 12.5. The second-order valence-electron chi connectivity index (χ2n) is 14.4. The zero-order chi connectivity index (χ0) is 37.4. The van der Waals surface area contributed by atoms with Crippen LogP contribution < -0.4 is 16.4 Å². The van der Waals surface area contributed by atoms with Crippen molar-refractivity contribution in [3.05, 3.63) is 211 Å². The molecular weight excluding hydrogens is 683 g/mol. The van der Waals surface area contributed by atoms with E-state index in [0.29, 0.717) is 6.54 Å². The number of nitrogens with two attached hydrogens (primary N) is 1. The van der Waals surface area contributed by atoms with Gasteiger partial charge in [0.25, 0.3) is 0 Å². The van der Waals surface area contributed by atoms with Crippen LogP contribution in [0.4, 0.5) is 0 Å². The summed E-state index contributed by atoms with van der Waals surface area (Å²) in [6.45, 7) is 0.641. The Morgan fingerprint density at radius 1 is 0.429 bits per heavy atom. The Bertz CT molecular complexity index is 2960. The van der Waals surface area contributed by atoms with E-state index in [2.05, 4.69) is 202 Å². The SMILES string of the molecule is NC(NC(NCc1cccc(-c2ccccc2)c1)n1c2ccccc2c2cc(-c3ccc4c(c3)c3ccccc3n4-c3ccccc3)ccc21)c1ccccc1. The van der Waals surface area contributed by atoms with Crippen LogP contribution in [0.3, 0.4) is 0 Å². The largest absolute Gasteiger partial charge is 0.312 e. The van der Waals surface area contributed by atoms with Gasteiger partial charge in [-0.3, -0.25) is 10.6 Å². The van der Waals surface area contributed by atoms with Gasteiger partial charge in [-0.15, -0.1) is 0 Å². The van der Waals surface area contributed by atoms with Crippen LogP contribution in [0, 0.1) is 0 Å². The normalized spacial score (nSPS) is 12.8. The number of para-hydroxylation sites is 3. The first-order valence-corrected chi connectivity index (χ1v) is 19.3. The maximum atomic E-state index is 6.92. The van der Waals surface area contributed by atoms with Gasteiger partial charge in [-0.05, 0) is 88.0 Å². The van der Waals surface area contributed by atoms with Gasteiger partial charge < -0.3 is 14.9 Å². The van der Waals surface area contributed by atoms with Gasteiger partial charge in [0.15, 0.2) is 0 Å². The summed E-state index contributed by atoms with van der Waals surface area (Å²) in [6, 6.07) is 71.3. The Morgan fingerprint density at radius 3 is 1.68 bits per heavy atom. The molecule has 0 saturated carbocycles. The zero-order valence-corrected chi connectivity index (χ0v) is 30.9. The van der Waals surface area contributed by atoms with Gasteiger partial charge in [-0.25, -0.2) is 0 Å². The molecule has 0 spiro atoms. The summed E-state index contributed by atoms with van der Waals surface area (Å²) in [4.78, 5) is 0. The monoisotopic (exact) mass is 723 g/mol. The highest BCUT2D eigenvalue weighted by Gasteiger charge is 2.22. The lowest BCUT2D eigenvalue weighted by atomic mass is 10.0. The minimum absolute atomic E-state index is 0.320. The van der Waals surface area contributed by atoms with Crippen molar-refractivity contribution in [1.29, 1.82) is 0 Å². The fourth-order valence-electron chi connectivity index (χ4n) is 8.33. The molecule has 0 aliphatic rings. The summed E-state index contributed by atoms with van der Waals surface area (Å²) in [5.74, 6) is 0. The molecule has 4 N–H and O–H groups in total. The fraction of sp³-hybridized carbons (Fsp3) is 0.0588. The van der Waals surface area contributed by atoms with Crippen LogP contribution in [0.5, 0.6) is 0 Å². The van der Waals surface area contributed by atoms with Crippen LogP contribution in [0.15, 0.2) is 200 Å². The average molecular weight is 724 g/mol. The van der Waals surface area contributed by atoms with Crippen LogP contribution >= 0.6 is 0 Å². The molecular formula is C51H41N5. The number of rotatable bonds is 10. The molecule has 5 heteroatoms. The maximum Gasteiger partial charge on any atom is 0.141 e. The number of hydrogen-bond donors (Lipinski definition) is 3. The third kappa shape index (κ3) is 6.14. The van der Waals surface area contributed by atoms with Crippen LogP contribution in [0.1, 0.15) is 23.6 Å². The minimum atomic E-state index is -0.399. The maximum absolute atomic E-state index is 6.92. The minimum Gasteiger partial charge on any atom is -0.312 e. The van der Waals surface area contributed by atoms with Gasteiger partial charge in [0, 0.05) is 33.8 Å². The number of benzene rings is 8. The summed E-state index contributed by atoms with van der Waals surface area (Å²) in [6.07, 6.45) is -0.719. The summed E-state index contributed by atoms with van der Waals surface area (Å²) in [5.41, 5.74) is 19.7. The lowest BCUT2D eigenvalue weighted by Crippen LogP contribution is -2.43. The second kappa shape index (κ2) is 14.5. The molecule has 0 amide bonds. The van der Waals surface area contributed by atoms with E-state index in [1.54, 1.807) is 0 Å². The number of nitrogens with zero attached hydrogens (tertiary/aromatic N) is 2. The van der Waals surface area contributed by atoms with Crippen molar-refractivity contribution >= 4 is 43.6 Å². The second-order valence-corrected chi connectivity index (χ2v) is 14.4. The summed E-state index contributed by atoms with van der Waals surface area (Å²) >= 11 is 0. The highest BCUT2D eigenvalue weighted by molar-refractivity contribution is 6.12. The van der Waals surface area contributed by atoms with E-state index in [1.165, 1.54) is 60.4 Å². The molecule has 2 heterocycles. The summed E-state index contributed by atoms with van der Waals surface area (Å²) < 4.78 is 4.73. The molecule has 10 rings (SSSR count).